The average Bonchev–Trinajstić information content (AvgIpc) is 3.47. The Morgan fingerprint density at radius 2 is 0.580 bits per heavy atom. The van der Waals surface area contributed by atoms with Crippen LogP contribution in [0.4, 0.5) is 0 Å². The maximum atomic E-state index is 12.5. The third kappa shape index (κ3) is 67.3. The standard InChI is InChI=1S/C75H145NO5/c1-3-5-7-9-11-13-15-17-19-21-23-24-25-26-27-29-32-35-39-43-47-51-55-59-63-67-73(78)72(71-77)76-74(79)68-64-60-56-52-48-44-40-36-33-30-28-31-34-38-42-46-50-54-58-62-66-70-81-75(80)69-65-61-57-53-49-45-41-37-22-20-18-16-14-12-10-8-6-4-2/h20,22,63,67,72-73,77-78H,3-19,21,23-62,64-66,68-71H2,1-2H3,(H,76,79)/b22-20-,67-63+. The Balaban J connectivity index is 3.40. The molecule has 0 aromatic carbocycles. The van der Waals surface area contributed by atoms with Gasteiger partial charge in [0.2, 0.25) is 5.91 Å². The number of amides is 1. The fraction of sp³-hybridized carbons (Fsp3) is 0.920. The van der Waals surface area contributed by atoms with Crippen molar-refractivity contribution in [2.75, 3.05) is 13.2 Å². The number of hydrogen-bond acceptors (Lipinski definition) is 5. The lowest BCUT2D eigenvalue weighted by atomic mass is 10.0. The lowest BCUT2D eigenvalue weighted by Gasteiger charge is -2.20. The summed E-state index contributed by atoms with van der Waals surface area (Å²) in [6.07, 6.45) is 89.8. The number of nitrogens with one attached hydrogen (secondary N) is 1. The first-order valence-corrected chi connectivity index (χ1v) is 37.1. The Kier molecular flexibility index (Phi) is 69.4. The lowest BCUT2D eigenvalue weighted by molar-refractivity contribution is -0.143. The van der Waals surface area contributed by atoms with Crippen molar-refractivity contribution >= 4 is 11.9 Å². The van der Waals surface area contributed by atoms with Gasteiger partial charge in [-0.05, 0) is 57.8 Å². The maximum Gasteiger partial charge on any atom is 0.305 e. The molecule has 6 nitrogen and oxygen atoms in total. The number of hydrogen-bond donors (Lipinski definition) is 3. The van der Waals surface area contributed by atoms with Crippen molar-refractivity contribution in [2.45, 2.75) is 431 Å². The summed E-state index contributed by atoms with van der Waals surface area (Å²) < 4.78 is 5.51. The normalized spacial score (nSPS) is 12.6. The van der Waals surface area contributed by atoms with E-state index in [0.717, 1.165) is 44.9 Å². The number of unbranched alkanes of at least 4 members (excludes halogenated alkanes) is 57. The van der Waals surface area contributed by atoms with Crippen LogP contribution in [0.2, 0.25) is 0 Å². The zero-order valence-corrected chi connectivity index (χ0v) is 55.0. The SMILES string of the molecule is CCCCCCCCC/C=C\CCCCCCCCCC(=O)OCCCCCCCCCCCCCCCCCCCCCCCC(=O)NC(CO)C(O)/C=C/CCCCCCCCCCCCCCCCCCCCCCCCC. The number of allylic oxidation sites excluding steroid dienone is 3. The molecule has 480 valence electrons. The molecule has 2 unspecified atom stereocenters. The van der Waals surface area contributed by atoms with Crippen molar-refractivity contribution < 1.29 is 24.5 Å². The Bertz CT molecular complexity index is 1270. The van der Waals surface area contributed by atoms with E-state index in [9.17, 15) is 19.8 Å². The molecule has 0 aromatic heterocycles. The van der Waals surface area contributed by atoms with Crippen molar-refractivity contribution in [3.05, 3.63) is 24.3 Å². The molecule has 0 aliphatic heterocycles. The van der Waals surface area contributed by atoms with Crippen molar-refractivity contribution in [1.29, 1.82) is 0 Å². The average molecular weight is 1140 g/mol. The summed E-state index contributed by atoms with van der Waals surface area (Å²) in [5.74, 6) is -0.0544. The van der Waals surface area contributed by atoms with E-state index in [1.807, 2.05) is 6.08 Å². The summed E-state index contributed by atoms with van der Waals surface area (Å²) in [5.41, 5.74) is 0. The Morgan fingerprint density at radius 1 is 0.333 bits per heavy atom. The van der Waals surface area contributed by atoms with E-state index in [-0.39, 0.29) is 18.5 Å². The molecule has 0 aliphatic carbocycles. The predicted octanol–water partition coefficient (Wildman–Crippen LogP) is 24.1. The van der Waals surface area contributed by atoms with E-state index in [2.05, 4.69) is 31.3 Å². The summed E-state index contributed by atoms with van der Waals surface area (Å²) in [6.45, 7) is 4.94. The van der Waals surface area contributed by atoms with E-state index in [0.29, 0.717) is 19.4 Å². The van der Waals surface area contributed by atoms with Crippen LogP contribution in [0.1, 0.15) is 418 Å². The van der Waals surface area contributed by atoms with Crippen molar-refractivity contribution in [3.8, 4) is 0 Å². The van der Waals surface area contributed by atoms with E-state index in [1.54, 1.807) is 6.08 Å². The first kappa shape index (κ1) is 79.3. The maximum absolute atomic E-state index is 12.5. The minimum absolute atomic E-state index is 0.00968. The zero-order valence-electron chi connectivity index (χ0n) is 55.0. The second-order valence-corrected chi connectivity index (χ2v) is 25.6. The number of aliphatic hydroxyl groups is 2. The third-order valence-corrected chi connectivity index (χ3v) is 17.5. The van der Waals surface area contributed by atoms with E-state index in [1.165, 1.54) is 347 Å². The van der Waals surface area contributed by atoms with Crippen molar-refractivity contribution in [3.63, 3.8) is 0 Å². The third-order valence-electron chi connectivity index (χ3n) is 17.5. The molecule has 0 fully saturated rings. The summed E-state index contributed by atoms with van der Waals surface area (Å²) in [6, 6.07) is -0.630. The van der Waals surface area contributed by atoms with Gasteiger partial charge in [-0.2, -0.15) is 0 Å². The summed E-state index contributed by atoms with van der Waals surface area (Å²) in [4.78, 5) is 24.7. The molecule has 0 rings (SSSR count). The van der Waals surface area contributed by atoms with Crippen LogP contribution < -0.4 is 5.32 Å². The predicted molar refractivity (Wildman–Crippen MR) is 356 cm³/mol. The van der Waals surface area contributed by atoms with Gasteiger partial charge in [0.25, 0.3) is 0 Å². The number of ether oxygens (including phenoxy) is 1. The fourth-order valence-electron chi connectivity index (χ4n) is 11.8. The molecule has 2 atom stereocenters. The van der Waals surface area contributed by atoms with E-state index < -0.39 is 12.1 Å². The van der Waals surface area contributed by atoms with Crippen LogP contribution in [0.25, 0.3) is 0 Å². The highest BCUT2D eigenvalue weighted by Crippen LogP contribution is 2.19. The Hall–Kier alpha value is -1.66. The largest absolute Gasteiger partial charge is 0.466 e. The van der Waals surface area contributed by atoms with Crippen LogP contribution >= 0.6 is 0 Å². The highest BCUT2D eigenvalue weighted by atomic mass is 16.5. The number of esters is 1. The van der Waals surface area contributed by atoms with Crippen LogP contribution in [0.15, 0.2) is 24.3 Å². The van der Waals surface area contributed by atoms with Crippen molar-refractivity contribution in [1.82, 2.24) is 5.32 Å². The van der Waals surface area contributed by atoms with Crippen LogP contribution in [-0.4, -0.2) is 47.4 Å². The summed E-state index contributed by atoms with van der Waals surface area (Å²) in [5, 5.41) is 23.3. The van der Waals surface area contributed by atoms with Gasteiger partial charge < -0.3 is 20.3 Å². The first-order chi connectivity index (χ1) is 40.0. The van der Waals surface area contributed by atoms with Gasteiger partial charge in [0.05, 0.1) is 25.4 Å². The van der Waals surface area contributed by atoms with Gasteiger partial charge in [-0.15, -0.1) is 0 Å². The van der Waals surface area contributed by atoms with Gasteiger partial charge in [-0.25, -0.2) is 0 Å². The molecular formula is C75H145NO5. The topological polar surface area (TPSA) is 95.9 Å². The monoisotopic (exact) mass is 1140 g/mol. The highest BCUT2D eigenvalue weighted by molar-refractivity contribution is 5.76. The molecule has 81 heavy (non-hydrogen) atoms. The Morgan fingerprint density at radius 3 is 0.877 bits per heavy atom. The van der Waals surface area contributed by atoms with E-state index >= 15 is 0 Å². The molecule has 0 aliphatic rings. The van der Waals surface area contributed by atoms with Crippen molar-refractivity contribution in [2.24, 2.45) is 0 Å². The highest BCUT2D eigenvalue weighted by Gasteiger charge is 2.18. The summed E-state index contributed by atoms with van der Waals surface area (Å²) in [7, 11) is 0. The molecule has 1 amide bonds. The summed E-state index contributed by atoms with van der Waals surface area (Å²) >= 11 is 0. The Labute approximate surface area is 507 Å². The van der Waals surface area contributed by atoms with Gasteiger partial charge in [0, 0.05) is 12.8 Å². The second kappa shape index (κ2) is 70.8. The van der Waals surface area contributed by atoms with E-state index in [4.69, 9.17) is 4.74 Å². The quantitative estimate of drug-likeness (QED) is 0.0320. The number of carbonyl (C=O) groups is 2. The number of rotatable bonds is 70. The minimum atomic E-state index is -0.847. The zero-order chi connectivity index (χ0) is 58.5. The van der Waals surface area contributed by atoms with Gasteiger partial charge in [0.1, 0.15) is 0 Å². The molecule has 0 saturated heterocycles. The first-order valence-electron chi connectivity index (χ1n) is 37.1. The van der Waals surface area contributed by atoms with Gasteiger partial charge in [0.15, 0.2) is 0 Å². The molecule has 0 saturated carbocycles. The van der Waals surface area contributed by atoms with Gasteiger partial charge >= 0.3 is 5.97 Å². The van der Waals surface area contributed by atoms with Gasteiger partial charge in [-0.1, -0.05) is 372 Å². The van der Waals surface area contributed by atoms with Crippen LogP contribution in [-0.2, 0) is 14.3 Å². The van der Waals surface area contributed by atoms with Crippen LogP contribution in [0, 0.1) is 0 Å². The fourth-order valence-corrected chi connectivity index (χ4v) is 11.8. The van der Waals surface area contributed by atoms with Crippen LogP contribution in [0.5, 0.6) is 0 Å². The second-order valence-electron chi connectivity index (χ2n) is 25.6. The molecule has 0 heterocycles. The molecule has 0 aromatic rings. The van der Waals surface area contributed by atoms with Crippen LogP contribution in [0.3, 0.4) is 0 Å². The smallest absolute Gasteiger partial charge is 0.305 e. The number of carbonyl (C=O) groups excluding carboxylic acids is 2. The molecular weight excluding hydrogens is 995 g/mol. The molecule has 0 radical (unpaired) electrons. The molecule has 3 N–H and O–H groups in total. The minimum Gasteiger partial charge on any atom is -0.466 e. The molecule has 6 heteroatoms. The lowest BCUT2D eigenvalue weighted by Crippen LogP contribution is -2.45. The number of aliphatic hydroxyl groups excluding tert-OH is 2. The molecule has 0 bridgehead atoms. The molecule has 0 spiro atoms. The van der Waals surface area contributed by atoms with Gasteiger partial charge in [-0.3, -0.25) is 9.59 Å².